The molecule has 0 spiro atoms. The van der Waals surface area contributed by atoms with Crippen molar-refractivity contribution in [1.29, 1.82) is 0 Å². The van der Waals surface area contributed by atoms with Crippen molar-refractivity contribution in [3.8, 4) is 0 Å². The molecule has 9 nitrogen and oxygen atoms in total. The minimum absolute atomic E-state index is 0.0121. The Labute approximate surface area is 228 Å². The summed E-state index contributed by atoms with van der Waals surface area (Å²) in [5.41, 5.74) is 4.86. The first-order chi connectivity index (χ1) is 18.4. The van der Waals surface area contributed by atoms with Crippen molar-refractivity contribution in [3.05, 3.63) is 46.2 Å². The Kier molecular flexibility index (Phi) is 6.79. The minimum Gasteiger partial charge on any atom is -0.371 e. The van der Waals surface area contributed by atoms with Gasteiger partial charge in [0.2, 0.25) is 5.95 Å². The highest BCUT2D eigenvalue weighted by Gasteiger charge is 2.29. The quantitative estimate of drug-likeness (QED) is 0.536. The van der Waals surface area contributed by atoms with Gasteiger partial charge in [-0.15, -0.1) is 11.3 Å². The summed E-state index contributed by atoms with van der Waals surface area (Å²) in [6.45, 7) is 11.1. The van der Waals surface area contributed by atoms with Gasteiger partial charge in [-0.2, -0.15) is 4.98 Å². The zero-order valence-electron chi connectivity index (χ0n) is 22.7. The van der Waals surface area contributed by atoms with Crippen LogP contribution in [0.5, 0.6) is 0 Å². The highest BCUT2D eigenvalue weighted by molar-refractivity contribution is 7.16. The molecule has 2 aromatic heterocycles. The van der Waals surface area contributed by atoms with Crippen LogP contribution in [0.3, 0.4) is 0 Å². The SMILES string of the molecule is Cc1nc2c(s1)N(C)c1nc(Nc3ccc(N4CCC(N5CCN(C)CC5)CC4)c(C)c3)ncc1CC2=O. The van der Waals surface area contributed by atoms with E-state index in [-0.39, 0.29) is 12.2 Å². The number of carbonyl (C=O) groups is 1. The average molecular weight is 533 g/mol. The number of piperidine rings is 1. The number of aryl methyl sites for hydroxylation is 2. The lowest BCUT2D eigenvalue weighted by atomic mass is 10.0. The Morgan fingerprint density at radius 3 is 2.50 bits per heavy atom. The number of anilines is 5. The van der Waals surface area contributed by atoms with Crippen LogP contribution in [0.2, 0.25) is 0 Å². The topological polar surface area (TPSA) is 80.7 Å². The predicted octanol–water partition coefficient (Wildman–Crippen LogP) is 4.02. The predicted molar refractivity (Wildman–Crippen MR) is 154 cm³/mol. The van der Waals surface area contributed by atoms with E-state index in [4.69, 9.17) is 4.98 Å². The fourth-order valence-electron chi connectivity index (χ4n) is 5.93. The number of hydrogen-bond donors (Lipinski definition) is 1. The number of hydrogen-bond acceptors (Lipinski definition) is 10. The van der Waals surface area contributed by atoms with Gasteiger partial charge in [-0.05, 0) is 57.5 Å². The van der Waals surface area contributed by atoms with E-state index in [9.17, 15) is 4.79 Å². The number of piperazine rings is 1. The maximum absolute atomic E-state index is 12.8. The van der Waals surface area contributed by atoms with Gasteiger partial charge in [-0.3, -0.25) is 9.69 Å². The van der Waals surface area contributed by atoms with Crippen molar-refractivity contribution in [1.82, 2.24) is 24.8 Å². The van der Waals surface area contributed by atoms with Crippen LogP contribution >= 0.6 is 11.3 Å². The number of rotatable bonds is 4. The van der Waals surface area contributed by atoms with Gasteiger partial charge in [0.25, 0.3) is 0 Å². The number of ketones is 1. The first-order valence-corrected chi connectivity index (χ1v) is 14.3. The fraction of sp³-hybridized carbons (Fsp3) is 0.500. The Balaban J connectivity index is 1.14. The first kappa shape index (κ1) is 25.2. The third kappa shape index (κ3) is 4.88. The molecule has 3 aromatic rings. The van der Waals surface area contributed by atoms with Gasteiger partial charge >= 0.3 is 0 Å². The number of likely N-dealkylation sites (N-methyl/N-ethyl adjacent to an activating group) is 1. The van der Waals surface area contributed by atoms with Crippen molar-refractivity contribution in [2.45, 2.75) is 39.2 Å². The maximum atomic E-state index is 12.8. The van der Waals surface area contributed by atoms with Crippen LogP contribution in [0.15, 0.2) is 24.4 Å². The van der Waals surface area contributed by atoms with Crippen molar-refractivity contribution in [2.75, 3.05) is 68.5 Å². The summed E-state index contributed by atoms with van der Waals surface area (Å²) in [5, 5.41) is 5.10. The Morgan fingerprint density at radius 2 is 1.76 bits per heavy atom. The second-order valence-corrected chi connectivity index (χ2v) is 12.0. The summed E-state index contributed by atoms with van der Waals surface area (Å²) in [5.74, 6) is 1.28. The summed E-state index contributed by atoms with van der Waals surface area (Å²) in [6, 6.07) is 7.22. The number of carbonyl (C=O) groups excluding carboxylic acids is 1. The molecular formula is C28H36N8OS. The van der Waals surface area contributed by atoms with Crippen molar-refractivity contribution < 1.29 is 4.79 Å². The molecule has 10 heteroatoms. The smallest absolute Gasteiger partial charge is 0.229 e. The molecule has 1 N–H and O–H groups in total. The van der Waals surface area contributed by atoms with E-state index in [0.29, 0.717) is 17.7 Å². The van der Waals surface area contributed by atoms with E-state index in [1.807, 2.05) is 18.9 Å². The minimum atomic E-state index is 0.0121. The summed E-state index contributed by atoms with van der Waals surface area (Å²) >= 11 is 1.52. The molecule has 0 atom stereocenters. The van der Waals surface area contributed by atoms with Crippen LogP contribution < -0.4 is 15.1 Å². The number of thiazole rings is 1. The molecule has 3 aliphatic heterocycles. The van der Waals surface area contributed by atoms with Gasteiger partial charge < -0.3 is 20.0 Å². The molecular weight excluding hydrogens is 496 g/mol. The summed E-state index contributed by atoms with van der Waals surface area (Å²) < 4.78 is 0. The summed E-state index contributed by atoms with van der Waals surface area (Å²) in [7, 11) is 4.16. The largest absolute Gasteiger partial charge is 0.371 e. The van der Waals surface area contributed by atoms with Gasteiger partial charge in [0.15, 0.2) is 5.78 Å². The summed E-state index contributed by atoms with van der Waals surface area (Å²) in [6.07, 6.45) is 4.47. The van der Waals surface area contributed by atoms with Gasteiger partial charge in [-0.25, -0.2) is 9.97 Å². The zero-order chi connectivity index (χ0) is 26.4. The lowest BCUT2D eigenvalue weighted by molar-refractivity contribution is 0.0982. The van der Waals surface area contributed by atoms with Gasteiger partial charge in [0, 0.05) is 81.9 Å². The van der Waals surface area contributed by atoms with Crippen LogP contribution in [0.1, 0.15) is 39.5 Å². The van der Waals surface area contributed by atoms with Crippen LogP contribution in [0.25, 0.3) is 0 Å². The zero-order valence-corrected chi connectivity index (χ0v) is 23.5. The number of aromatic nitrogens is 3. The highest BCUT2D eigenvalue weighted by atomic mass is 32.1. The Hall–Kier alpha value is -3.08. The maximum Gasteiger partial charge on any atom is 0.229 e. The Bertz CT molecular complexity index is 1340. The molecule has 6 rings (SSSR count). The molecule has 0 aliphatic carbocycles. The van der Waals surface area contributed by atoms with E-state index in [0.717, 1.165) is 40.2 Å². The number of nitrogens with zero attached hydrogens (tertiary/aromatic N) is 7. The molecule has 0 unspecified atom stereocenters. The van der Waals surface area contributed by atoms with Gasteiger partial charge in [0.1, 0.15) is 16.5 Å². The van der Waals surface area contributed by atoms with E-state index in [1.54, 1.807) is 6.20 Å². The van der Waals surface area contributed by atoms with Crippen molar-refractivity contribution in [3.63, 3.8) is 0 Å². The molecule has 38 heavy (non-hydrogen) atoms. The molecule has 5 heterocycles. The lowest BCUT2D eigenvalue weighted by Gasteiger charge is -2.43. The van der Waals surface area contributed by atoms with Crippen LogP contribution in [-0.2, 0) is 6.42 Å². The Morgan fingerprint density at radius 1 is 1.00 bits per heavy atom. The van der Waals surface area contributed by atoms with E-state index >= 15 is 0 Å². The van der Waals surface area contributed by atoms with E-state index in [2.05, 4.69) is 62.2 Å². The summed E-state index contributed by atoms with van der Waals surface area (Å²) in [4.78, 5) is 36.2. The molecule has 3 aliphatic rings. The molecule has 2 saturated heterocycles. The molecule has 0 bridgehead atoms. The number of benzene rings is 1. The number of nitrogens with one attached hydrogen (secondary N) is 1. The number of fused-ring (bicyclic) bond motifs is 2. The van der Waals surface area contributed by atoms with Crippen LogP contribution in [0.4, 0.5) is 28.1 Å². The first-order valence-electron chi connectivity index (χ1n) is 13.5. The van der Waals surface area contributed by atoms with Crippen LogP contribution in [-0.4, -0.2) is 89.9 Å². The van der Waals surface area contributed by atoms with E-state index < -0.39 is 0 Å². The average Bonchev–Trinajstić information content (AvgIpc) is 3.28. The lowest BCUT2D eigenvalue weighted by Crippen LogP contribution is -2.52. The fourth-order valence-corrected chi connectivity index (χ4v) is 6.82. The van der Waals surface area contributed by atoms with Gasteiger partial charge in [-0.1, -0.05) is 0 Å². The third-order valence-electron chi connectivity index (χ3n) is 8.11. The standard InChI is InChI=1S/C28H36N8OS/c1-18-15-21(5-6-23(18)36-9-7-22(8-10-36)35-13-11-33(3)12-14-35)31-28-29-17-20-16-24(37)25-27(38-19(2)30-25)34(4)26(20)32-28/h5-6,15,17,22H,7-14,16H2,1-4H3,(H,29,31,32). The number of Topliss-reactive ketones (excluding diaryl/α,β-unsaturated/α-hetero) is 1. The second kappa shape index (κ2) is 10.2. The van der Waals surface area contributed by atoms with Gasteiger partial charge in [0.05, 0.1) is 5.01 Å². The molecule has 0 saturated carbocycles. The molecule has 0 amide bonds. The monoisotopic (exact) mass is 532 g/mol. The van der Waals surface area contributed by atoms with Crippen molar-refractivity contribution in [2.24, 2.45) is 0 Å². The third-order valence-corrected chi connectivity index (χ3v) is 9.15. The van der Waals surface area contributed by atoms with Crippen LogP contribution in [0, 0.1) is 13.8 Å². The molecule has 0 radical (unpaired) electrons. The highest BCUT2D eigenvalue weighted by Crippen LogP contribution is 2.38. The molecule has 1 aromatic carbocycles. The second-order valence-electron chi connectivity index (χ2n) is 10.8. The van der Waals surface area contributed by atoms with E-state index in [1.165, 1.54) is 61.6 Å². The normalized spacial score (nSPS) is 19.3. The molecule has 200 valence electrons. The van der Waals surface area contributed by atoms with Crippen molar-refractivity contribution >= 4 is 45.3 Å². The molecule has 2 fully saturated rings.